The van der Waals surface area contributed by atoms with Crippen LogP contribution in [0.15, 0.2) is 30.5 Å². The molecule has 1 N–H and O–H groups in total. The van der Waals surface area contributed by atoms with Crippen LogP contribution in [0.1, 0.15) is 5.69 Å². The van der Waals surface area contributed by atoms with E-state index in [-0.39, 0.29) is 0 Å². The van der Waals surface area contributed by atoms with Gasteiger partial charge in [0.15, 0.2) is 11.5 Å². The Bertz CT molecular complexity index is 566. The molecule has 100 valence electrons. The lowest BCUT2D eigenvalue weighted by Crippen LogP contribution is -2.15. The number of nitrogens with zero attached hydrogens (tertiary/aromatic N) is 2. The third-order valence-electron chi connectivity index (χ3n) is 3.17. The predicted octanol–water partition coefficient (Wildman–Crippen LogP) is 1.85. The predicted molar refractivity (Wildman–Crippen MR) is 72.8 cm³/mol. The lowest BCUT2D eigenvalue weighted by atomic mass is 10.2. The second-order valence-electron chi connectivity index (χ2n) is 4.48. The maximum Gasteiger partial charge on any atom is 0.163 e. The van der Waals surface area contributed by atoms with Crippen LogP contribution in [0.25, 0.3) is 0 Å². The Labute approximate surface area is 112 Å². The molecule has 5 nitrogen and oxygen atoms in total. The van der Waals surface area contributed by atoms with Crippen LogP contribution in [-0.4, -0.2) is 29.5 Å². The Morgan fingerprint density at radius 1 is 1.21 bits per heavy atom. The Kier molecular flexibility index (Phi) is 3.27. The highest BCUT2D eigenvalue weighted by Gasteiger charge is 2.11. The molecule has 0 saturated heterocycles. The molecular formula is C14H17N3O2. The monoisotopic (exact) mass is 259 g/mol. The Morgan fingerprint density at radius 2 is 2.05 bits per heavy atom. The van der Waals surface area contributed by atoms with Crippen LogP contribution in [0, 0.1) is 0 Å². The molecule has 3 rings (SSSR count). The molecule has 1 aliphatic rings. The molecule has 0 saturated carbocycles. The van der Waals surface area contributed by atoms with Gasteiger partial charge in [-0.25, -0.2) is 0 Å². The summed E-state index contributed by atoms with van der Waals surface area (Å²) in [5.74, 6) is 1.64. The van der Waals surface area contributed by atoms with Crippen molar-refractivity contribution >= 4 is 5.69 Å². The van der Waals surface area contributed by atoms with Gasteiger partial charge >= 0.3 is 0 Å². The molecule has 0 atom stereocenters. The molecule has 1 aromatic carbocycles. The van der Waals surface area contributed by atoms with E-state index in [1.807, 2.05) is 42.2 Å². The number of aromatic nitrogens is 2. The van der Waals surface area contributed by atoms with Gasteiger partial charge in [0.1, 0.15) is 13.2 Å². The number of fused-ring (bicyclic) bond motifs is 1. The second kappa shape index (κ2) is 5.22. The van der Waals surface area contributed by atoms with E-state index in [0.29, 0.717) is 13.2 Å². The van der Waals surface area contributed by atoms with E-state index in [0.717, 1.165) is 30.2 Å². The molecular weight excluding hydrogens is 242 g/mol. The first-order valence-electron chi connectivity index (χ1n) is 6.43. The van der Waals surface area contributed by atoms with Crippen molar-refractivity contribution in [1.82, 2.24) is 9.78 Å². The van der Waals surface area contributed by atoms with Gasteiger partial charge in [0.25, 0.3) is 0 Å². The zero-order valence-electron chi connectivity index (χ0n) is 10.9. The summed E-state index contributed by atoms with van der Waals surface area (Å²) in [4.78, 5) is 0. The number of ether oxygens (including phenoxy) is 2. The van der Waals surface area contributed by atoms with Crippen molar-refractivity contribution in [3.05, 3.63) is 36.2 Å². The molecule has 2 aromatic rings. The van der Waals surface area contributed by atoms with Gasteiger partial charge < -0.3 is 14.8 Å². The third-order valence-corrected chi connectivity index (χ3v) is 3.17. The van der Waals surface area contributed by atoms with E-state index in [4.69, 9.17) is 9.47 Å². The van der Waals surface area contributed by atoms with Crippen LogP contribution in [0.4, 0.5) is 5.69 Å². The summed E-state index contributed by atoms with van der Waals surface area (Å²) in [5.41, 5.74) is 2.26. The van der Waals surface area contributed by atoms with E-state index in [1.54, 1.807) is 0 Å². The normalized spacial score (nSPS) is 13.3. The fraction of sp³-hybridized carbons (Fsp3) is 0.357. The Hall–Kier alpha value is -2.17. The van der Waals surface area contributed by atoms with Crippen LogP contribution in [0.5, 0.6) is 11.5 Å². The highest BCUT2D eigenvalue weighted by atomic mass is 16.6. The van der Waals surface area contributed by atoms with Gasteiger partial charge in [-0.1, -0.05) is 0 Å². The molecule has 0 aliphatic carbocycles. The van der Waals surface area contributed by atoms with Crippen LogP contribution >= 0.6 is 0 Å². The fourth-order valence-electron chi connectivity index (χ4n) is 2.13. The smallest absolute Gasteiger partial charge is 0.163 e. The fourth-order valence-corrected chi connectivity index (χ4v) is 2.13. The molecule has 0 unspecified atom stereocenters. The quantitative estimate of drug-likeness (QED) is 0.910. The molecule has 0 fully saturated rings. The van der Waals surface area contributed by atoms with Crippen LogP contribution in [-0.2, 0) is 13.5 Å². The standard InChI is InChI=1S/C14H17N3O2/c1-17-12(5-7-16-17)4-6-15-11-2-3-13-14(10-11)19-9-8-18-13/h2-3,5,7,10,15H,4,6,8-9H2,1H3. The summed E-state index contributed by atoms with van der Waals surface area (Å²) < 4.78 is 12.9. The van der Waals surface area contributed by atoms with Crippen molar-refractivity contribution in [2.24, 2.45) is 7.05 Å². The first kappa shape index (κ1) is 11.9. The zero-order valence-corrected chi connectivity index (χ0v) is 10.9. The van der Waals surface area contributed by atoms with E-state index in [1.165, 1.54) is 5.69 Å². The number of rotatable bonds is 4. The minimum absolute atomic E-state index is 0.617. The first-order chi connectivity index (χ1) is 9.33. The van der Waals surface area contributed by atoms with Crippen molar-refractivity contribution in [1.29, 1.82) is 0 Å². The highest BCUT2D eigenvalue weighted by molar-refractivity contribution is 5.55. The summed E-state index contributed by atoms with van der Waals surface area (Å²) in [5, 5.41) is 7.54. The van der Waals surface area contributed by atoms with Crippen LogP contribution < -0.4 is 14.8 Å². The number of hydrogen-bond donors (Lipinski definition) is 1. The lowest BCUT2D eigenvalue weighted by molar-refractivity contribution is 0.171. The average Bonchev–Trinajstić information content (AvgIpc) is 2.84. The SMILES string of the molecule is Cn1nccc1CCNc1ccc2c(c1)OCCO2. The van der Waals surface area contributed by atoms with Gasteiger partial charge in [-0.15, -0.1) is 0 Å². The van der Waals surface area contributed by atoms with Crippen molar-refractivity contribution < 1.29 is 9.47 Å². The maximum atomic E-state index is 5.56. The van der Waals surface area contributed by atoms with Gasteiger partial charge in [0.05, 0.1) is 0 Å². The van der Waals surface area contributed by atoms with E-state index in [2.05, 4.69) is 10.4 Å². The molecule has 1 aromatic heterocycles. The van der Waals surface area contributed by atoms with E-state index in [9.17, 15) is 0 Å². The number of anilines is 1. The molecule has 1 aliphatic heterocycles. The minimum atomic E-state index is 0.617. The minimum Gasteiger partial charge on any atom is -0.486 e. The summed E-state index contributed by atoms with van der Waals surface area (Å²) in [6.07, 6.45) is 2.75. The molecule has 0 amide bonds. The van der Waals surface area contributed by atoms with Crippen LogP contribution in [0.3, 0.4) is 0 Å². The molecule has 19 heavy (non-hydrogen) atoms. The van der Waals surface area contributed by atoms with Crippen molar-refractivity contribution in [3.63, 3.8) is 0 Å². The largest absolute Gasteiger partial charge is 0.486 e. The number of benzene rings is 1. The highest BCUT2D eigenvalue weighted by Crippen LogP contribution is 2.32. The van der Waals surface area contributed by atoms with Crippen LogP contribution in [0.2, 0.25) is 0 Å². The summed E-state index contributed by atoms with van der Waals surface area (Å²) in [7, 11) is 1.96. The number of hydrogen-bond acceptors (Lipinski definition) is 4. The Balaban J connectivity index is 1.59. The zero-order chi connectivity index (χ0) is 13.1. The van der Waals surface area contributed by atoms with Crippen molar-refractivity contribution in [2.45, 2.75) is 6.42 Å². The molecule has 2 heterocycles. The average molecular weight is 259 g/mol. The van der Waals surface area contributed by atoms with Gasteiger partial charge in [-0.2, -0.15) is 5.10 Å². The first-order valence-corrected chi connectivity index (χ1v) is 6.43. The topological polar surface area (TPSA) is 48.3 Å². The summed E-state index contributed by atoms with van der Waals surface area (Å²) >= 11 is 0. The molecule has 0 radical (unpaired) electrons. The molecule has 0 bridgehead atoms. The van der Waals surface area contributed by atoms with Gasteiger partial charge in [-0.05, 0) is 18.2 Å². The second-order valence-corrected chi connectivity index (χ2v) is 4.48. The maximum absolute atomic E-state index is 5.56. The molecule has 0 spiro atoms. The summed E-state index contributed by atoms with van der Waals surface area (Å²) in [6.45, 7) is 2.10. The summed E-state index contributed by atoms with van der Waals surface area (Å²) in [6, 6.07) is 7.97. The van der Waals surface area contributed by atoms with Crippen molar-refractivity contribution in [3.8, 4) is 11.5 Å². The van der Waals surface area contributed by atoms with E-state index >= 15 is 0 Å². The van der Waals surface area contributed by atoms with Crippen molar-refractivity contribution in [2.75, 3.05) is 25.1 Å². The molecule has 5 heteroatoms. The van der Waals surface area contributed by atoms with Gasteiger partial charge in [0, 0.05) is 43.7 Å². The van der Waals surface area contributed by atoms with Gasteiger partial charge in [-0.3, -0.25) is 4.68 Å². The number of aryl methyl sites for hydroxylation is 1. The lowest BCUT2D eigenvalue weighted by Gasteiger charge is -2.19. The Morgan fingerprint density at radius 3 is 2.84 bits per heavy atom. The van der Waals surface area contributed by atoms with E-state index < -0.39 is 0 Å². The number of nitrogens with one attached hydrogen (secondary N) is 1. The third kappa shape index (κ3) is 2.65. The van der Waals surface area contributed by atoms with Gasteiger partial charge in [0.2, 0.25) is 0 Å².